The van der Waals surface area contributed by atoms with Gasteiger partial charge in [-0.2, -0.15) is 0 Å². The van der Waals surface area contributed by atoms with E-state index in [2.05, 4.69) is 4.98 Å². The molecular formula is C15H18N2O3. The summed E-state index contributed by atoms with van der Waals surface area (Å²) >= 11 is 0. The molecule has 5 heteroatoms. The van der Waals surface area contributed by atoms with Crippen LogP contribution in [-0.4, -0.2) is 32.3 Å². The molecular weight excluding hydrogens is 256 g/mol. The molecule has 20 heavy (non-hydrogen) atoms. The first-order chi connectivity index (χ1) is 9.50. The van der Waals surface area contributed by atoms with Crippen LogP contribution in [0.25, 0.3) is 11.0 Å². The molecule has 0 radical (unpaired) electrons. The number of carboxylic acids is 1. The quantitative estimate of drug-likeness (QED) is 0.897. The summed E-state index contributed by atoms with van der Waals surface area (Å²) < 4.78 is 1.97. The average molecular weight is 274 g/mol. The maximum absolute atomic E-state index is 11.5. The first-order valence-corrected chi connectivity index (χ1v) is 6.86. The monoisotopic (exact) mass is 274 g/mol. The van der Waals surface area contributed by atoms with E-state index in [1.165, 1.54) is 0 Å². The first kappa shape index (κ1) is 13.1. The summed E-state index contributed by atoms with van der Waals surface area (Å²) in [7, 11) is 0. The Hall–Kier alpha value is -1.88. The molecule has 1 aliphatic rings. The Labute approximate surface area is 116 Å². The Morgan fingerprint density at radius 2 is 2.15 bits per heavy atom. The molecule has 106 valence electrons. The molecule has 0 amide bonds. The molecule has 0 saturated heterocycles. The van der Waals surface area contributed by atoms with Crippen molar-refractivity contribution >= 4 is 17.0 Å². The first-order valence-electron chi connectivity index (χ1n) is 6.86. The molecule has 0 spiro atoms. The van der Waals surface area contributed by atoms with E-state index >= 15 is 0 Å². The summed E-state index contributed by atoms with van der Waals surface area (Å²) in [4.78, 5) is 16.1. The second-order valence-corrected chi connectivity index (χ2v) is 5.82. The summed E-state index contributed by atoms with van der Waals surface area (Å²) in [6.07, 6.45) is 1.73. The summed E-state index contributed by atoms with van der Waals surface area (Å²) in [6.45, 7) is 4.09. The third-order valence-corrected chi connectivity index (χ3v) is 4.05. The van der Waals surface area contributed by atoms with Gasteiger partial charge in [0.25, 0.3) is 0 Å². The zero-order chi connectivity index (χ0) is 14.5. The van der Waals surface area contributed by atoms with E-state index in [0.29, 0.717) is 11.0 Å². The van der Waals surface area contributed by atoms with Crippen molar-refractivity contribution in [1.29, 1.82) is 0 Å². The molecule has 0 bridgehead atoms. The number of aromatic carboxylic acids is 1. The van der Waals surface area contributed by atoms with E-state index in [9.17, 15) is 15.0 Å². The molecule has 1 heterocycles. The van der Waals surface area contributed by atoms with Crippen LogP contribution in [0, 0.1) is 0 Å². The summed E-state index contributed by atoms with van der Waals surface area (Å²) in [6, 6.07) is 5.14. The van der Waals surface area contributed by atoms with Crippen molar-refractivity contribution < 1.29 is 15.0 Å². The van der Waals surface area contributed by atoms with Crippen LogP contribution in [0.5, 0.6) is 0 Å². The molecule has 2 aromatic rings. The highest BCUT2D eigenvalue weighted by atomic mass is 16.4. The fraction of sp³-hybridized carbons (Fsp3) is 0.467. The van der Waals surface area contributed by atoms with Gasteiger partial charge in [0.15, 0.2) is 0 Å². The standard InChI is InChI=1S/C15H18N2O3/c1-9(2)13-16-11-5-3-4-10(14(19)20)12(11)17(13)15(8-18)6-7-15/h3-5,9,18H,6-8H2,1-2H3,(H,19,20). The maximum atomic E-state index is 11.5. The van der Waals surface area contributed by atoms with Gasteiger partial charge in [0.05, 0.1) is 28.7 Å². The zero-order valence-corrected chi connectivity index (χ0v) is 11.6. The van der Waals surface area contributed by atoms with E-state index in [1.54, 1.807) is 12.1 Å². The Morgan fingerprint density at radius 3 is 2.65 bits per heavy atom. The van der Waals surface area contributed by atoms with Crippen molar-refractivity contribution in [2.45, 2.75) is 38.1 Å². The molecule has 1 saturated carbocycles. The van der Waals surface area contributed by atoms with Crippen LogP contribution in [0.15, 0.2) is 18.2 Å². The van der Waals surface area contributed by atoms with Crippen molar-refractivity contribution in [2.24, 2.45) is 0 Å². The number of carbonyl (C=O) groups is 1. The topological polar surface area (TPSA) is 75.3 Å². The van der Waals surface area contributed by atoms with Gasteiger partial charge in [-0.3, -0.25) is 0 Å². The van der Waals surface area contributed by atoms with Crippen molar-refractivity contribution in [1.82, 2.24) is 9.55 Å². The van der Waals surface area contributed by atoms with Gasteiger partial charge in [-0.05, 0) is 25.0 Å². The molecule has 0 atom stereocenters. The number of fused-ring (bicyclic) bond motifs is 1. The highest BCUT2D eigenvalue weighted by Gasteiger charge is 2.47. The Kier molecular flexibility index (Phi) is 2.83. The van der Waals surface area contributed by atoms with Crippen LogP contribution in [0.3, 0.4) is 0 Å². The normalized spacial score (nSPS) is 16.8. The largest absolute Gasteiger partial charge is 0.478 e. The lowest BCUT2D eigenvalue weighted by atomic mass is 10.1. The van der Waals surface area contributed by atoms with Crippen molar-refractivity contribution in [3.63, 3.8) is 0 Å². The van der Waals surface area contributed by atoms with Crippen LogP contribution >= 0.6 is 0 Å². The molecule has 5 nitrogen and oxygen atoms in total. The molecule has 1 aliphatic carbocycles. The number of rotatable bonds is 4. The molecule has 1 fully saturated rings. The van der Waals surface area contributed by atoms with Gasteiger partial charge in [-0.15, -0.1) is 0 Å². The molecule has 1 aromatic heterocycles. The smallest absolute Gasteiger partial charge is 0.337 e. The number of aliphatic hydroxyl groups excluding tert-OH is 1. The van der Waals surface area contributed by atoms with Crippen molar-refractivity contribution in [3.05, 3.63) is 29.6 Å². The Balaban J connectivity index is 2.39. The second kappa shape index (κ2) is 4.31. The number of nitrogens with zero attached hydrogens (tertiary/aromatic N) is 2. The van der Waals surface area contributed by atoms with Crippen molar-refractivity contribution in [2.75, 3.05) is 6.61 Å². The predicted molar refractivity (Wildman–Crippen MR) is 75.1 cm³/mol. The SMILES string of the molecule is CC(C)c1nc2cccc(C(=O)O)c2n1C1(CO)CC1. The number of benzene rings is 1. The lowest BCUT2D eigenvalue weighted by molar-refractivity contribution is 0.0698. The number of para-hydroxylation sites is 1. The highest BCUT2D eigenvalue weighted by molar-refractivity contribution is 6.01. The Morgan fingerprint density at radius 1 is 1.45 bits per heavy atom. The maximum Gasteiger partial charge on any atom is 0.337 e. The fourth-order valence-corrected chi connectivity index (χ4v) is 2.78. The molecule has 0 unspecified atom stereocenters. The van der Waals surface area contributed by atoms with E-state index in [-0.39, 0.29) is 23.6 Å². The second-order valence-electron chi connectivity index (χ2n) is 5.82. The highest BCUT2D eigenvalue weighted by Crippen LogP contribution is 2.47. The summed E-state index contributed by atoms with van der Waals surface area (Å²) in [5, 5.41) is 19.1. The van der Waals surface area contributed by atoms with Crippen LogP contribution in [0.4, 0.5) is 0 Å². The minimum absolute atomic E-state index is 0.0200. The van der Waals surface area contributed by atoms with Crippen LogP contribution < -0.4 is 0 Å². The van der Waals surface area contributed by atoms with E-state index in [1.807, 2.05) is 24.5 Å². The third-order valence-electron chi connectivity index (χ3n) is 4.05. The zero-order valence-electron chi connectivity index (χ0n) is 11.6. The van der Waals surface area contributed by atoms with Gasteiger partial charge in [-0.1, -0.05) is 19.9 Å². The van der Waals surface area contributed by atoms with Gasteiger partial charge >= 0.3 is 5.97 Å². The number of carboxylic acid groups (broad SMARTS) is 1. The van der Waals surface area contributed by atoms with Crippen molar-refractivity contribution in [3.8, 4) is 0 Å². The molecule has 0 aliphatic heterocycles. The minimum Gasteiger partial charge on any atom is -0.478 e. The minimum atomic E-state index is -0.958. The number of hydrogen-bond donors (Lipinski definition) is 2. The molecule has 2 N–H and O–H groups in total. The third kappa shape index (κ3) is 1.73. The van der Waals surface area contributed by atoms with E-state index < -0.39 is 5.97 Å². The van der Waals surface area contributed by atoms with E-state index in [4.69, 9.17) is 0 Å². The van der Waals surface area contributed by atoms with Crippen LogP contribution in [0.1, 0.15) is 48.8 Å². The van der Waals surface area contributed by atoms with Gasteiger partial charge in [0.1, 0.15) is 5.82 Å². The predicted octanol–water partition coefficient (Wildman–Crippen LogP) is 2.34. The van der Waals surface area contributed by atoms with Gasteiger partial charge in [0, 0.05) is 5.92 Å². The van der Waals surface area contributed by atoms with Gasteiger partial charge in [0.2, 0.25) is 0 Å². The lowest BCUT2D eigenvalue weighted by Gasteiger charge is -2.20. The molecule has 3 rings (SSSR count). The summed E-state index contributed by atoms with van der Waals surface area (Å²) in [5.41, 5.74) is 1.21. The number of aromatic nitrogens is 2. The lowest BCUT2D eigenvalue weighted by Crippen LogP contribution is -2.25. The average Bonchev–Trinajstić information content (AvgIpc) is 3.10. The summed E-state index contributed by atoms with van der Waals surface area (Å²) in [5.74, 6) is 0.0640. The Bertz CT molecular complexity index is 684. The van der Waals surface area contributed by atoms with Gasteiger partial charge in [-0.25, -0.2) is 9.78 Å². The fourth-order valence-electron chi connectivity index (χ4n) is 2.78. The number of imidazole rings is 1. The molecule has 1 aromatic carbocycles. The van der Waals surface area contributed by atoms with Gasteiger partial charge < -0.3 is 14.8 Å². The van der Waals surface area contributed by atoms with Crippen LogP contribution in [0.2, 0.25) is 0 Å². The van der Waals surface area contributed by atoms with Crippen LogP contribution in [-0.2, 0) is 5.54 Å². The number of hydrogen-bond acceptors (Lipinski definition) is 3. The number of aliphatic hydroxyl groups is 1. The van der Waals surface area contributed by atoms with E-state index in [0.717, 1.165) is 18.7 Å².